The van der Waals surface area contributed by atoms with Crippen LogP contribution in [0.3, 0.4) is 0 Å². The topological polar surface area (TPSA) is 51.0 Å². The maximum atomic E-state index is 5.50. The van der Waals surface area contributed by atoms with E-state index in [2.05, 4.69) is 29.3 Å². The number of likely N-dealkylation sites (N-methyl/N-ethyl adjacent to an activating group) is 1. The molecule has 1 N–H and O–H groups in total. The summed E-state index contributed by atoms with van der Waals surface area (Å²) in [5, 5.41) is 7.81. The molecule has 2 saturated carbocycles. The van der Waals surface area contributed by atoms with Gasteiger partial charge in [-0.05, 0) is 50.5 Å². The minimum Gasteiger partial charge on any atom is -0.339 e. The third-order valence-corrected chi connectivity index (χ3v) is 5.02. The van der Waals surface area contributed by atoms with Gasteiger partial charge < -0.3 is 9.84 Å². The molecule has 3 rings (SSSR count). The lowest BCUT2D eigenvalue weighted by atomic mass is 10.0. The minimum absolute atomic E-state index is 0.528. The Balaban J connectivity index is 1.58. The van der Waals surface area contributed by atoms with Crippen LogP contribution in [0.1, 0.15) is 70.0 Å². The highest BCUT2D eigenvalue weighted by Gasteiger charge is 2.33. The lowest BCUT2D eigenvalue weighted by Gasteiger charge is -2.14. The van der Waals surface area contributed by atoms with Crippen molar-refractivity contribution in [2.75, 3.05) is 6.54 Å². The summed E-state index contributed by atoms with van der Waals surface area (Å²) in [6, 6.07) is 0.528. The Bertz CT molecular complexity index is 427. The van der Waals surface area contributed by atoms with Crippen LogP contribution in [0, 0.1) is 11.8 Å². The number of hydrogen-bond donors (Lipinski definition) is 1. The van der Waals surface area contributed by atoms with Gasteiger partial charge in [0.05, 0.1) is 0 Å². The van der Waals surface area contributed by atoms with Crippen LogP contribution in [0.25, 0.3) is 0 Å². The normalized spacial score (nSPS) is 27.9. The largest absolute Gasteiger partial charge is 0.339 e. The molecule has 1 aromatic heterocycles. The summed E-state index contributed by atoms with van der Waals surface area (Å²) < 4.78 is 5.50. The first-order valence-electron chi connectivity index (χ1n) is 8.36. The molecular weight excluding hydrogens is 250 g/mol. The average Bonchev–Trinajstić information content (AvgIpc) is 3.01. The summed E-state index contributed by atoms with van der Waals surface area (Å²) in [6.07, 6.45) is 8.68. The second-order valence-electron chi connectivity index (χ2n) is 6.54. The fraction of sp³-hybridized carbons (Fsp3) is 0.875. The van der Waals surface area contributed by atoms with Gasteiger partial charge in [0.2, 0.25) is 5.89 Å². The average molecular weight is 277 g/mol. The molecule has 112 valence electrons. The molecule has 2 aliphatic rings. The van der Waals surface area contributed by atoms with Gasteiger partial charge in [-0.25, -0.2) is 0 Å². The van der Waals surface area contributed by atoms with Gasteiger partial charge in [-0.1, -0.05) is 25.4 Å². The first-order valence-corrected chi connectivity index (χ1v) is 8.36. The van der Waals surface area contributed by atoms with Crippen molar-refractivity contribution >= 4 is 0 Å². The highest BCUT2D eigenvalue weighted by atomic mass is 16.5. The summed E-state index contributed by atoms with van der Waals surface area (Å²) >= 11 is 0. The van der Waals surface area contributed by atoms with Gasteiger partial charge in [-0.2, -0.15) is 4.98 Å². The van der Waals surface area contributed by atoms with Crippen LogP contribution >= 0.6 is 0 Å². The van der Waals surface area contributed by atoms with E-state index in [4.69, 9.17) is 4.52 Å². The zero-order valence-corrected chi connectivity index (χ0v) is 12.8. The molecule has 0 aromatic carbocycles. The molecule has 2 fully saturated rings. The van der Waals surface area contributed by atoms with E-state index in [-0.39, 0.29) is 0 Å². The molecule has 1 aromatic rings. The molecule has 4 heteroatoms. The fourth-order valence-electron chi connectivity index (χ4n) is 3.55. The Labute approximate surface area is 121 Å². The van der Waals surface area contributed by atoms with Crippen LogP contribution in [0.4, 0.5) is 0 Å². The van der Waals surface area contributed by atoms with E-state index >= 15 is 0 Å². The zero-order valence-electron chi connectivity index (χ0n) is 12.8. The van der Waals surface area contributed by atoms with Crippen molar-refractivity contribution < 1.29 is 4.52 Å². The molecule has 2 aliphatic carbocycles. The molecule has 3 atom stereocenters. The lowest BCUT2D eigenvalue weighted by molar-refractivity contribution is 0.342. The molecule has 0 amide bonds. The minimum atomic E-state index is 0.528. The van der Waals surface area contributed by atoms with Gasteiger partial charge in [-0.15, -0.1) is 0 Å². The summed E-state index contributed by atoms with van der Waals surface area (Å²) in [5.74, 6) is 4.01. The van der Waals surface area contributed by atoms with Crippen LogP contribution in [-0.2, 0) is 6.42 Å². The van der Waals surface area contributed by atoms with E-state index in [9.17, 15) is 0 Å². The molecule has 1 heterocycles. The number of aromatic nitrogens is 2. The van der Waals surface area contributed by atoms with Crippen LogP contribution in [0.2, 0.25) is 0 Å². The molecule has 3 unspecified atom stereocenters. The van der Waals surface area contributed by atoms with Crippen LogP contribution in [0.5, 0.6) is 0 Å². The zero-order chi connectivity index (χ0) is 13.9. The summed E-state index contributed by atoms with van der Waals surface area (Å²) in [4.78, 5) is 4.68. The Morgan fingerprint density at radius 2 is 2.10 bits per heavy atom. The smallest absolute Gasteiger partial charge is 0.228 e. The summed E-state index contributed by atoms with van der Waals surface area (Å²) in [7, 11) is 0. The number of nitrogens with one attached hydrogen (secondary N) is 1. The Hall–Kier alpha value is -0.900. The molecule has 0 bridgehead atoms. The first-order chi connectivity index (χ1) is 9.80. The van der Waals surface area contributed by atoms with E-state index in [0.717, 1.165) is 36.5 Å². The fourth-order valence-corrected chi connectivity index (χ4v) is 3.55. The van der Waals surface area contributed by atoms with Crippen LogP contribution < -0.4 is 5.32 Å². The number of rotatable bonds is 7. The number of hydrogen-bond acceptors (Lipinski definition) is 4. The standard InChI is InChI=1S/C16H27N3O/c1-3-11-5-6-13(9-11)16-18-15(20-19-16)10-14(17-4-2)12-7-8-12/h11-14,17H,3-10H2,1-2H3. The van der Waals surface area contributed by atoms with Crippen molar-refractivity contribution in [2.45, 2.75) is 70.8 Å². The van der Waals surface area contributed by atoms with Crippen molar-refractivity contribution in [2.24, 2.45) is 11.8 Å². The van der Waals surface area contributed by atoms with Gasteiger partial charge in [0.25, 0.3) is 0 Å². The molecule has 0 radical (unpaired) electrons. The van der Waals surface area contributed by atoms with Crippen LogP contribution in [-0.4, -0.2) is 22.7 Å². The summed E-state index contributed by atoms with van der Waals surface area (Å²) in [6.45, 7) is 5.46. The SMILES string of the molecule is CCNC(Cc1nc(C2CCC(CC)C2)no1)C1CC1. The highest BCUT2D eigenvalue weighted by molar-refractivity contribution is 5.01. The third-order valence-electron chi connectivity index (χ3n) is 5.02. The summed E-state index contributed by atoms with van der Waals surface area (Å²) in [5.41, 5.74) is 0. The van der Waals surface area contributed by atoms with E-state index < -0.39 is 0 Å². The molecule has 0 aliphatic heterocycles. The molecule has 0 saturated heterocycles. The maximum absolute atomic E-state index is 5.50. The molecule has 0 spiro atoms. The van der Waals surface area contributed by atoms with E-state index in [1.54, 1.807) is 0 Å². The highest BCUT2D eigenvalue weighted by Crippen LogP contribution is 2.38. The monoisotopic (exact) mass is 277 g/mol. The first kappa shape index (κ1) is 14.1. The van der Waals surface area contributed by atoms with Crippen molar-refractivity contribution in [3.63, 3.8) is 0 Å². The van der Waals surface area contributed by atoms with Crippen molar-refractivity contribution in [1.82, 2.24) is 15.5 Å². The quantitative estimate of drug-likeness (QED) is 0.831. The van der Waals surface area contributed by atoms with Gasteiger partial charge in [0, 0.05) is 18.4 Å². The predicted molar refractivity (Wildman–Crippen MR) is 78.6 cm³/mol. The second-order valence-corrected chi connectivity index (χ2v) is 6.54. The number of nitrogens with zero attached hydrogens (tertiary/aromatic N) is 2. The Morgan fingerprint density at radius 1 is 1.25 bits per heavy atom. The Kier molecular flexibility index (Phi) is 4.39. The lowest BCUT2D eigenvalue weighted by Crippen LogP contribution is -2.33. The van der Waals surface area contributed by atoms with E-state index in [0.29, 0.717) is 12.0 Å². The van der Waals surface area contributed by atoms with Crippen molar-refractivity contribution in [1.29, 1.82) is 0 Å². The van der Waals surface area contributed by atoms with Gasteiger partial charge in [-0.3, -0.25) is 0 Å². The van der Waals surface area contributed by atoms with E-state index in [1.165, 1.54) is 38.5 Å². The van der Waals surface area contributed by atoms with Gasteiger partial charge >= 0.3 is 0 Å². The molecule has 4 nitrogen and oxygen atoms in total. The van der Waals surface area contributed by atoms with Crippen LogP contribution in [0.15, 0.2) is 4.52 Å². The second kappa shape index (κ2) is 6.25. The Morgan fingerprint density at radius 3 is 2.75 bits per heavy atom. The van der Waals surface area contributed by atoms with Gasteiger partial charge in [0.15, 0.2) is 5.82 Å². The maximum Gasteiger partial charge on any atom is 0.228 e. The van der Waals surface area contributed by atoms with Crippen molar-refractivity contribution in [3.05, 3.63) is 11.7 Å². The molecular formula is C16H27N3O. The van der Waals surface area contributed by atoms with E-state index in [1.807, 2.05) is 0 Å². The van der Waals surface area contributed by atoms with Crippen molar-refractivity contribution in [3.8, 4) is 0 Å². The van der Waals surface area contributed by atoms with Gasteiger partial charge in [0.1, 0.15) is 0 Å². The molecule has 20 heavy (non-hydrogen) atoms. The predicted octanol–water partition coefficient (Wildman–Crippen LogP) is 3.29. The third kappa shape index (κ3) is 3.22.